The van der Waals surface area contributed by atoms with Crippen LogP contribution in [0, 0.1) is 0 Å². The summed E-state index contributed by atoms with van der Waals surface area (Å²) in [6.45, 7) is 0.0737. The van der Waals surface area contributed by atoms with Crippen molar-refractivity contribution >= 4 is 29.3 Å². The van der Waals surface area contributed by atoms with Crippen molar-refractivity contribution in [3.63, 3.8) is 0 Å². The summed E-state index contributed by atoms with van der Waals surface area (Å²) in [4.78, 5) is 14.6. The lowest BCUT2D eigenvalue weighted by atomic mass is 10.4. The first kappa shape index (κ1) is 11.3. The Labute approximate surface area is 90.5 Å². The molecule has 14 heavy (non-hydrogen) atoms. The Balaban J connectivity index is 2.67. The first-order chi connectivity index (χ1) is 6.63. The van der Waals surface area contributed by atoms with Crippen LogP contribution in [0.5, 0.6) is 0 Å². The van der Waals surface area contributed by atoms with Crippen molar-refractivity contribution in [2.45, 2.75) is 10.3 Å². The number of nitrogens with zero attached hydrogens (tertiary/aromatic N) is 1. The molecule has 1 heterocycles. The standard InChI is InChI=1S/C8H9ClN2O2S/c9-5-1-2-7(11-4-5)14-6(3-10)8(12)13/h1-2,4,6H,3,10H2,(H,12,13). The van der Waals surface area contributed by atoms with Gasteiger partial charge in [0.1, 0.15) is 5.25 Å². The number of nitrogens with two attached hydrogens (primary N) is 1. The predicted octanol–water partition coefficient (Wildman–Crippen LogP) is 1.24. The lowest BCUT2D eigenvalue weighted by molar-refractivity contribution is -0.136. The van der Waals surface area contributed by atoms with E-state index in [0.717, 1.165) is 11.8 Å². The lowest BCUT2D eigenvalue weighted by Gasteiger charge is -2.07. The van der Waals surface area contributed by atoms with Crippen LogP contribution in [0.1, 0.15) is 0 Å². The average Bonchev–Trinajstić information content (AvgIpc) is 2.16. The van der Waals surface area contributed by atoms with E-state index < -0.39 is 11.2 Å². The first-order valence-corrected chi connectivity index (χ1v) is 5.10. The smallest absolute Gasteiger partial charge is 0.318 e. The Hall–Kier alpha value is -0.780. The minimum atomic E-state index is -0.936. The molecule has 0 aliphatic heterocycles. The number of hydrogen-bond acceptors (Lipinski definition) is 4. The first-order valence-electron chi connectivity index (χ1n) is 3.84. The van der Waals surface area contributed by atoms with Gasteiger partial charge in [-0.25, -0.2) is 4.98 Å². The number of hydrogen-bond donors (Lipinski definition) is 2. The Morgan fingerprint density at radius 1 is 1.71 bits per heavy atom. The van der Waals surface area contributed by atoms with E-state index in [9.17, 15) is 4.79 Å². The summed E-state index contributed by atoms with van der Waals surface area (Å²) in [5, 5.41) is 9.20. The molecular weight excluding hydrogens is 224 g/mol. The molecule has 0 amide bonds. The zero-order valence-corrected chi connectivity index (χ0v) is 8.76. The van der Waals surface area contributed by atoms with Crippen LogP contribution in [0.25, 0.3) is 0 Å². The maximum Gasteiger partial charge on any atom is 0.318 e. The van der Waals surface area contributed by atoms with Crippen molar-refractivity contribution in [2.75, 3.05) is 6.54 Å². The van der Waals surface area contributed by atoms with E-state index in [1.54, 1.807) is 12.1 Å². The Bertz CT molecular complexity index is 318. The van der Waals surface area contributed by atoms with Crippen LogP contribution in [0.4, 0.5) is 0 Å². The van der Waals surface area contributed by atoms with Gasteiger partial charge in [0.25, 0.3) is 0 Å². The van der Waals surface area contributed by atoms with Crippen molar-refractivity contribution < 1.29 is 9.90 Å². The zero-order valence-electron chi connectivity index (χ0n) is 7.18. The van der Waals surface area contributed by atoms with Gasteiger partial charge < -0.3 is 10.8 Å². The summed E-state index contributed by atoms with van der Waals surface area (Å²) in [6.07, 6.45) is 1.47. The number of carboxylic acids is 1. The Kier molecular flexibility index (Phi) is 4.19. The SMILES string of the molecule is NCC(Sc1ccc(Cl)cn1)C(=O)O. The topological polar surface area (TPSA) is 76.2 Å². The van der Waals surface area contributed by atoms with Gasteiger partial charge in [-0.3, -0.25) is 4.79 Å². The number of thioether (sulfide) groups is 1. The van der Waals surface area contributed by atoms with Gasteiger partial charge >= 0.3 is 5.97 Å². The fraction of sp³-hybridized carbons (Fsp3) is 0.250. The third kappa shape index (κ3) is 3.17. The number of pyridine rings is 1. The number of aromatic nitrogens is 1. The molecular formula is C8H9ClN2O2S. The minimum Gasteiger partial charge on any atom is -0.480 e. The number of halogens is 1. The molecule has 3 N–H and O–H groups in total. The molecule has 0 spiro atoms. The summed E-state index contributed by atoms with van der Waals surface area (Å²) < 4.78 is 0. The second kappa shape index (κ2) is 5.19. The molecule has 0 saturated carbocycles. The summed E-state index contributed by atoms with van der Waals surface area (Å²) in [6, 6.07) is 3.32. The van der Waals surface area contributed by atoms with Gasteiger partial charge in [-0.1, -0.05) is 23.4 Å². The van der Waals surface area contributed by atoms with E-state index in [-0.39, 0.29) is 6.54 Å². The fourth-order valence-electron chi connectivity index (χ4n) is 0.777. The minimum absolute atomic E-state index is 0.0737. The molecule has 1 aromatic heterocycles. The van der Waals surface area contributed by atoms with Gasteiger partial charge in [-0.2, -0.15) is 0 Å². The van der Waals surface area contributed by atoms with Crippen LogP contribution >= 0.6 is 23.4 Å². The van der Waals surface area contributed by atoms with Crippen LogP contribution in [0.2, 0.25) is 5.02 Å². The van der Waals surface area contributed by atoms with E-state index in [2.05, 4.69) is 4.98 Å². The van der Waals surface area contributed by atoms with Gasteiger partial charge in [0.2, 0.25) is 0 Å². The highest BCUT2D eigenvalue weighted by atomic mass is 35.5. The molecule has 0 bridgehead atoms. The molecule has 0 aliphatic rings. The maximum atomic E-state index is 10.6. The maximum absolute atomic E-state index is 10.6. The van der Waals surface area contributed by atoms with Crippen LogP contribution < -0.4 is 5.73 Å². The highest BCUT2D eigenvalue weighted by Crippen LogP contribution is 2.21. The average molecular weight is 233 g/mol. The molecule has 1 unspecified atom stereocenters. The molecule has 0 aliphatic carbocycles. The molecule has 1 rings (SSSR count). The van der Waals surface area contributed by atoms with Gasteiger partial charge in [0, 0.05) is 12.7 Å². The van der Waals surface area contributed by atoms with Crippen molar-refractivity contribution in [2.24, 2.45) is 5.73 Å². The molecule has 1 atom stereocenters. The van der Waals surface area contributed by atoms with E-state index in [1.807, 2.05) is 0 Å². The normalized spacial score (nSPS) is 12.4. The molecule has 0 fully saturated rings. The van der Waals surface area contributed by atoms with E-state index in [0.29, 0.717) is 10.0 Å². The van der Waals surface area contributed by atoms with Gasteiger partial charge in [-0.05, 0) is 12.1 Å². The predicted molar refractivity (Wildman–Crippen MR) is 55.6 cm³/mol. The highest BCUT2D eigenvalue weighted by Gasteiger charge is 2.17. The largest absolute Gasteiger partial charge is 0.480 e. The number of carbonyl (C=O) groups is 1. The van der Waals surface area contributed by atoms with Gasteiger partial charge in [0.15, 0.2) is 0 Å². The third-order valence-corrected chi connectivity index (χ3v) is 2.84. The lowest BCUT2D eigenvalue weighted by Crippen LogP contribution is -2.25. The van der Waals surface area contributed by atoms with Crippen molar-refractivity contribution in [1.29, 1.82) is 0 Å². The molecule has 4 nitrogen and oxygen atoms in total. The summed E-state index contributed by atoms with van der Waals surface area (Å²) in [5.74, 6) is -0.936. The molecule has 0 radical (unpaired) electrons. The second-order valence-electron chi connectivity index (χ2n) is 2.50. The van der Waals surface area contributed by atoms with Crippen molar-refractivity contribution in [3.05, 3.63) is 23.4 Å². The van der Waals surface area contributed by atoms with Gasteiger partial charge in [-0.15, -0.1) is 0 Å². The highest BCUT2D eigenvalue weighted by molar-refractivity contribution is 8.00. The van der Waals surface area contributed by atoms with Crippen molar-refractivity contribution in [3.8, 4) is 0 Å². The Morgan fingerprint density at radius 3 is 2.86 bits per heavy atom. The number of aliphatic carboxylic acids is 1. The molecule has 76 valence electrons. The quantitative estimate of drug-likeness (QED) is 0.764. The number of carboxylic acid groups (broad SMARTS) is 1. The van der Waals surface area contributed by atoms with Gasteiger partial charge in [0.05, 0.1) is 10.0 Å². The third-order valence-electron chi connectivity index (χ3n) is 1.45. The van der Waals surface area contributed by atoms with Crippen LogP contribution in [0.15, 0.2) is 23.4 Å². The van der Waals surface area contributed by atoms with E-state index >= 15 is 0 Å². The summed E-state index contributed by atoms with van der Waals surface area (Å²) in [5.41, 5.74) is 5.30. The molecule has 1 aromatic rings. The van der Waals surface area contributed by atoms with Crippen LogP contribution in [-0.2, 0) is 4.79 Å². The van der Waals surface area contributed by atoms with E-state index in [4.69, 9.17) is 22.4 Å². The molecule has 0 aromatic carbocycles. The zero-order chi connectivity index (χ0) is 10.6. The van der Waals surface area contributed by atoms with Crippen LogP contribution in [-0.4, -0.2) is 27.9 Å². The van der Waals surface area contributed by atoms with E-state index in [1.165, 1.54) is 6.20 Å². The summed E-state index contributed by atoms with van der Waals surface area (Å²) in [7, 11) is 0. The Morgan fingerprint density at radius 2 is 2.43 bits per heavy atom. The summed E-state index contributed by atoms with van der Waals surface area (Å²) >= 11 is 6.74. The fourth-order valence-corrected chi connectivity index (χ4v) is 1.64. The monoisotopic (exact) mass is 232 g/mol. The second-order valence-corrected chi connectivity index (χ2v) is 4.15. The van der Waals surface area contributed by atoms with Crippen molar-refractivity contribution in [1.82, 2.24) is 4.98 Å². The van der Waals surface area contributed by atoms with Crippen LogP contribution in [0.3, 0.4) is 0 Å². The number of rotatable bonds is 4. The molecule has 6 heteroatoms. The molecule has 0 saturated heterocycles.